The van der Waals surface area contributed by atoms with Crippen LogP contribution in [0.15, 0.2) is 24.3 Å². The molecule has 2 atom stereocenters. The largest absolute Gasteiger partial charge is 0.479 e. The number of aliphatic carboxylic acids is 1. The van der Waals surface area contributed by atoms with Gasteiger partial charge in [-0.1, -0.05) is 25.1 Å². The van der Waals surface area contributed by atoms with E-state index in [1.54, 1.807) is 0 Å². The van der Waals surface area contributed by atoms with Crippen LogP contribution in [0.4, 0.5) is 13.2 Å². The normalized spacial score (nSPS) is 14.1. The molecular formula is C15H18F3NO4. The van der Waals surface area contributed by atoms with Crippen LogP contribution in [-0.4, -0.2) is 36.7 Å². The molecule has 1 aromatic carbocycles. The maximum Gasteiger partial charge on any atom is 0.416 e. The number of carbonyl (C=O) groups is 2. The Morgan fingerprint density at radius 3 is 2.43 bits per heavy atom. The van der Waals surface area contributed by atoms with Gasteiger partial charge in [0.25, 0.3) is 0 Å². The minimum atomic E-state index is -4.49. The van der Waals surface area contributed by atoms with Crippen molar-refractivity contribution in [3.63, 3.8) is 0 Å². The van der Waals surface area contributed by atoms with Crippen molar-refractivity contribution in [2.24, 2.45) is 0 Å². The number of carboxylic acids is 1. The van der Waals surface area contributed by atoms with E-state index in [0.29, 0.717) is 0 Å². The Hall–Kier alpha value is -2.09. The Balaban J connectivity index is 2.72. The van der Waals surface area contributed by atoms with Gasteiger partial charge in [0, 0.05) is 13.5 Å². The second kappa shape index (κ2) is 7.96. The first kappa shape index (κ1) is 19.0. The second-order valence-electron chi connectivity index (χ2n) is 5.06. The monoisotopic (exact) mass is 333 g/mol. The molecule has 0 aliphatic heterocycles. The summed E-state index contributed by atoms with van der Waals surface area (Å²) >= 11 is 0. The quantitative estimate of drug-likeness (QED) is 0.803. The van der Waals surface area contributed by atoms with Gasteiger partial charge < -0.3 is 15.2 Å². The molecule has 0 aliphatic carbocycles. The average Bonchev–Trinajstić information content (AvgIpc) is 2.46. The highest BCUT2D eigenvalue weighted by Crippen LogP contribution is 2.35. The van der Waals surface area contributed by atoms with Crippen molar-refractivity contribution in [3.8, 4) is 0 Å². The summed E-state index contributed by atoms with van der Waals surface area (Å²) in [6.07, 6.45) is -5.88. The zero-order valence-electron chi connectivity index (χ0n) is 12.7. The van der Waals surface area contributed by atoms with Gasteiger partial charge in [-0.25, -0.2) is 4.79 Å². The van der Waals surface area contributed by atoms with Crippen LogP contribution in [0, 0.1) is 0 Å². The maximum absolute atomic E-state index is 13.0. The minimum Gasteiger partial charge on any atom is -0.479 e. The molecule has 23 heavy (non-hydrogen) atoms. The summed E-state index contributed by atoms with van der Waals surface area (Å²) in [5, 5.41) is 11.1. The summed E-state index contributed by atoms with van der Waals surface area (Å²) in [7, 11) is 1.19. The number of ether oxygens (including phenoxy) is 1. The van der Waals surface area contributed by atoms with Crippen LogP contribution >= 0.6 is 0 Å². The van der Waals surface area contributed by atoms with Crippen molar-refractivity contribution in [2.75, 3.05) is 13.7 Å². The van der Waals surface area contributed by atoms with Crippen LogP contribution < -0.4 is 5.32 Å². The number of nitrogens with one attached hydrogen (secondary N) is 1. The lowest BCUT2D eigenvalue weighted by Gasteiger charge is -2.18. The first-order chi connectivity index (χ1) is 10.7. The molecule has 5 nitrogen and oxygen atoms in total. The zero-order valence-corrected chi connectivity index (χ0v) is 12.7. The summed E-state index contributed by atoms with van der Waals surface area (Å²) in [6, 6.07) is 5.06. The third-order valence-electron chi connectivity index (χ3n) is 3.33. The van der Waals surface area contributed by atoms with E-state index in [4.69, 9.17) is 5.11 Å². The van der Waals surface area contributed by atoms with Gasteiger partial charge in [0.1, 0.15) is 0 Å². The number of carboxylic acid groups (broad SMARTS) is 1. The Morgan fingerprint density at radius 1 is 1.30 bits per heavy atom. The third-order valence-corrected chi connectivity index (χ3v) is 3.33. The number of carbonyl (C=O) groups excluding carboxylic acids is 1. The highest BCUT2D eigenvalue weighted by Gasteiger charge is 2.34. The number of benzene rings is 1. The SMILES string of the molecule is COC(CNC(=O)CC(C)c1ccccc1C(F)(F)F)C(=O)O. The average molecular weight is 333 g/mol. The maximum atomic E-state index is 13.0. The number of alkyl halides is 3. The first-order valence-electron chi connectivity index (χ1n) is 6.85. The summed E-state index contributed by atoms with van der Waals surface area (Å²) in [5.74, 6) is -2.44. The molecule has 128 valence electrons. The van der Waals surface area contributed by atoms with Crippen LogP contribution in [0.5, 0.6) is 0 Å². The Kier molecular flexibility index (Phi) is 6.56. The molecule has 1 aromatic rings. The second-order valence-corrected chi connectivity index (χ2v) is 5.06. The lowest BCUT2D eigenvalue weighted by Crippen LogP contribution is -2.38. The van der Waals surface area contributed by atoms with Crippen molar-refractivity contribution >= 4 is 11.9 Å². The van der Waals surface area contributed by atoms with E-state index in [0.717, 1.165) is 6.07 Å². The Labute approximate surface area is 131 Å². The van der Waals surface area contributed by atoms with Crippen molar-refractivity contribution < 1.29 is 32.6 Å². The van der Waals surface area contributed by atoms with E-state index >= 15 is 0 Å². The van der Waals surface area contributed by atoms with Crippen LogP contribution in [0.25, 0.3) is 0 Å². The van der Waals surface area contributed by atoms with Gasteiger partial charge >= 0.3 is 12.1 Å². The van der Waals surface area contributed by atoms with Crippen LogP contribution in [0.1, 0.15) is 30.4 Å². The number of hydrogen-bond donors (Lipinski definition) is 2. The smallest absolute Gasteiger partial charge is 0.416 e. The lowest BCUT2D eigenvalue weighted by atomic mass is 9.92. The molecule has 2 unspecified atom stereocenters. The van der Waals surface area contributed by atoms with Gasteiger partial charge in [-0.2, -0.15) is 13.2 Å². The topological polar surface area (TPSA) is 75.6 Å². The van der Waals surface area contributed by atoms with Crippen molar-refractivity contribution in [1.29, 1.82) is 0 Å². The Morgan fingerprint density at radius 2 is 1.91 bits per heavy atom. The van der Waals surface area contributed by atoms with Crippen molar-refractivity contribution in [1.82, 2.24) is 5.32 Å². The molecule has 0 aliphatic rings. The van der Waals surface area contributed by atoms with E-state index in [-0.39, 0.29) is 18.5 Å². The molecule has 1 amide bonds. The van der Waals surface area contributed by atoms with E-state index < -0.39 is 35.6 Å². The predicted octanol–water partition coefficient (Wildman–Crippen LogP) is 2.41. The van der Waals surface area contributed by atoms with Crippen LogP contribution in [-0.2, 0) is 20.5 Å². The summed E-state index contributed by atoms with van der Waals surface area (Å²) in [5.41, 5.74) is -0.753. The van der Waals surface area contributed by atoms with Gasteiger partial charge in [-0.3, -0.25) is 4.79 Å². The van der Waals surface area contributed by atoms with E-state index in [9.17, 15) is 22.8 Å². The van der Waals surface area contributed by atoms with Gasteiger partial charge in [0.2, 0.25) is 5.91 Å². The third kappa shape index (κ3) is 5.55. The zero-order chi connectivity index (χ0) is 17.6. The lowest BCUT2D eigenvalue weighted by molar-refractivity contribution is -0.148. The van der Waals surface area contributed by atoms with Gasteiger partial charge in [0.15, 0.2) is 6.10 Å². The molecule has 1 rings (SSSR count). The fourth-order valence-electron chi connectivity index (χ4n) is 2.12. The van der Waals surface area contributed by atoms with E-state index in [2.05, 4.69) is 10.1 Å². The molecule has 0 heterocycles. The fourth-order valence-corrected chi connectivity index (χ4v) is 2.12. The minimum absolute atomic E-state index is 0.0247. The number of methoxy groups -OCH3 is 1. The molecule has 0 fully saturated rings. The number of amides is 1. The number of rotatable bonds is 7. The van der Waals surface area contributed by atoms with E-state index in [1.807, 2.05) is 0 Å². The van der Waals surface area contributed by atoms with Crippen LogP contribution in [0.2, 0.25) is 0 Å². The highest BCUT2D eigenvalue weighted by molar-refractivity contribution is 5.78. The van der Waals surface area contributed by atoms with Gasteiger partial charge in [-0.15, -0.1) is 0 Å². The Bertz CT molecular complexity index is 560. The van der Waals surface area contributed by atoms with Gasteiger partial charge in [0.05, 0.1) is 12.1 Å². The molecule has 8 heteroatoms. The van der Waals surface area contributed by atoms with E-state index in [1.165, 1.54) is 32.2 Å². The molecule has 0 saturated carbocycles. The molecule has 2 N–H and O–H groups in total. The molecule has 0 spiro atoms. The molecular weight excluding hydrogens is 315 g/mol. The standard InChI is InChI=1S/C15H18F3NO4/c1-9(7-13(20)19-8-12(23-2)14(21)22)10-5-3-4-6-11(10)15(16,17)18/h3-6,9,12H,7-8H2,1-2H3,(H,19,20)(H,21,22). The first-order valence-corrected chi connectivity index (χ1v) is 6.85. The fraction of sp³-hybridized carbons (Fsp3) is 0.467. The molecule has 0 aromatic heterocycles. The molecule has 0 saturated heterocycles. The number of hydrogen-bond acceptors (Lipinski definition) is 3. The summed E-state index contributed by atoms with van der Waals surface area (Å²) in [6.45, 7) is 1.26. The summed E-state index contributed by atoms with van der Waals surface area (Å²) in [4.78, 5) is 22.5. The van der Waals surface area contributed by atoms with Crippen LogP contribution in [0.3, 0.4) is 0 Å². The van der Waals surface area contributed by atoms with Crippen molar-refractivity contribution in [3.05, 3.63) is 35.4 Å². The summed E-state index contributed by atoms with van der Waals surface area (Å²) < 4.78 is 43.5. The predicted molar refractivity (Wildman–Crippen MR) is 75.9 cm³/mol. The highest BCUT2D eigenvalue weighted by atomic mass is 19.4. The van der Waals surface area contributed by atoms with Gasteiger partial charge in [-0.05, 0) is 17.5 Å². The number of halogens is 3. The molecule has 0 radical (unpaired) electrons. The van der Waals surface area contributed by atoms with Crippen molar-refractivity contribution in [2.45, 2.75) is 31.5 Å². The molecule has 0 bridgehead atoms.